The molecule has 0 saturated carbocycles. The Kier molecular flexibility index (Phi) is 6.05. The molecule has 0 spiro atoms. The molecule has 0 amide bonds. The molecule has 140 valence electrons. The topological polar surface area (TPSA) is 49.0 Å². The van der Waals surface area contributed by atoms with Crippen LogP contribution in [0.4, 0.5) is 11.4 Å². The lowest BCUT2D eigenvalue weighted by atomic mass is 10.2. The third kappa shape index (κ3) is 4.64. The van der Waals surface area contributed by atoms with Crippen molar-refractivity contribution in [3.63, 3.8) is 0 Å². The SMILES string of the molecule is COc1ccc(Nc2ccc(OC)cc2OCc2ccccc2)c(OC)c1. The molecule has 5 nitrogen and oxygen atoms in total. The summed E-state index contributed by atoms with van der Waals surface area (Å²) in [7, 11) is 4.89. The monoisotopic (exact) mass is 365 g/mol. The van der Waals surface area contributed by atoms with Gasteiger partial charge in [-0.05, 0) is 29.8 Å². The molecular weight excluding hydrogens is 342 g/mol. The van der Waals surface area contributed by atoms with Crippen molar-refractivity contribution < 1.29 is 18.9 Å². The van der Waals surface area contributed by atoms with Gasteiger partial charge in [0, 0.05) is 12.1 Å². The van der Waals surface area contributed by atoms with Gasteiger partial charge in [0.05, 0.1) is 32.7 Å². The molecule has 0 fully saturated rings. The Morgan fingerprint density at radius 1 is 0.667 bits per heavy atom. The van der Waals surface area contributed by atoms with Crippen LogP contribution in [0.25, 0.3) is 0 Å². The molecule has 0 heterocycles. The maximum atomic E-state index is 6.05. The van der Waals surface area contributed by atoms with Crippen molar-refractivity contribution in [2.24, 2.45) is 0 Å². The van der Waals surface area contributed by atoms with Crippen LogP contribution in [0.15, 0.2) is 66.7 Å². The van der Waals surface area contributed by atoms with E-state index in [0.717, 1.165) is 28.4 Å². The molecule has 0 atom stereocenters. The van der Waals surface area contributed by atoms with Gasteiger partial charge in [0.2, 0.25) is 0 Å². The number of hydrogen-bond donors (Lipinski definition) is 1. The number of rotatable bonds is 8. The molecule has 0 aromatic heterocycles. The van der Waals surface area contributed by atoms with Crippen molar-refractivity contribution >= 4 is 11.4 Å². The smallest absolute Gasteiger partial charge is 0.146 e. The summed E-state index contributed by atoms with van der Waals surface area (Å²) in [6.45, 7) is 0.461. The van der Waals surface area contributed by atoms with Gasteiger partial charge in [0.1, 0.15) is 29.6 Å². The zero-order valence-electron chi connectivity index (χ0n) is 15.7. The summed E-state index contributed by atoms with van der Waals surface area (Å²) >= 11 is 0. The van der Waals surface area contributed by atoms with Crippen molar-refractivity contribution in [1.29, 1.82) is 0 Å². The van der Waals surface area contributed by atoms with Crippen LogP contribution in [0.1, 0.15) is 5.56 Å². The van der Waals surface area contributed by atoms with E-state index in [1.807, 2.05) is 66.7 Å². The Bertz CT molecular complexity index is 881. The first kappa shape index (κ1) is 18.5. The van der Waals surface area contributed by atoms with E-state index in [0.29, 0.717) is 18.1 Å². The van der Waals surface area contributed by atoms with Crippen LogP contribution in [-0.2, 0) is 6.61 Å². The molecule has 0 saturated heterocycles. The lowest BCUT2D eigenvalue weighted by Gasteiger charge is -2.17. The summed E-state index contributed by atoms with van der Waals surface area (Å²) in [5, 5.41) is 3.37. The summed E-state index contributed by atoms with van der Waals surface area (Å²) < 4.78 is 22.1. The molecule has 0 radical (unpaired) electrons. The van der Waals surface area contributed by atoms with E-state index in [9.17, 15) is 0 Å². The summed E-state index contributed by atoms with van der Waals surface area (Å²) in [4.78, 5) is 0. The van der Waals surface area contributed by atoms with Gasteiger partial charge in [0.15, 0.2) is 0 Å². The van der Waals surface area contributed by atoms with Crippen molar-refractivity contribution in [3.8, 4) is 23.0 Å². The Morgan fingerprint density at radius 2 is 1.26 bits per heavy atom. The van der Waals surface area contributed by atoms with Gasteiger partial charge in [-0.25, -0.2) is 0 Å². The summed E-state index contributed by atoms with van der Waals surface area (Å²) in [6.07, 6.45) is 0. The normalized spacial score (nSPS) is 10.2. The average Bonchev–Trinajstić information content (AvgIpc) is 2.74. The van der Waals surface area contributed by atoms with Gasteiger partial charge >= 0.3 is 0 Å². The molecule has 5 heteroatoms. The number of ether oxygens (including phenoxy) is 4. The van der Waals surface area contributed by atoms with E-state index in [2.05, 4.69) is 5.32 Å². The minimum absolute atomic E-state index is 0.461. The van der Waals surface area contributed by atoms with Crippen LogP contribution >= 0.6 is 0 Å². The van der Waals surface area contributed by atoms with Crippen molar-refractivity contribution in [2.45, 2.75) is 6.61 Å². The van der Waals surface area contributed by atoms with E-state index in [4.69, 9.17) is 18.9 Å². The second-order valence-electron chi connectivity index (χ2n) is 5.83. The van der Waals surface area contributed by atoms with Crippen LogP contribution in [0.3, 0.4) is 0 Å². The third-order valence-electron chi connectivity index (χ3n) is 4.10. The first-order valence-electron chi connectivity index (χ1n) is 8.57. The fourth-order valence-electron chi connectivity index (χ4n) is 2.63. The number of anilines is 2. The Hall–Kier alpha value is -3.34. The highest BCUT2D eigenvalue weighted by molar-refractivity contribution is 5.72. The molecule has 3 aromatic carbocycles. The molecule has 3 rings (SSSR count). The molecular formula is C22H23NO4. The predicted molar refractivity (Wildman–Crippen MR) is 107 cm³/mol. The van der Waals surface area contributed by atoms with E-state index in [1.165, 1.54) is 0 Å². The van der Waals surface area contributed by atoms with Gasteiger partial charge in [-0.2, -0.15) is 0 Å². The molecule has 0 unspecified atom stereocenters. The zero-order valence-corrected chi connectivity index (χ0v) is 15.7. The van der Waals surface area contributed by atoms with Gasteiger partial charge in [-0.3, -0.25) is 0 Å². The lowest BCUT2D eigenvalue weighted by Crippen LogP contribution is -2.01. The molecule has 3 aromatic rings. The van der Waals surface area contributed by atoms with Crippen molar-refractivity contribution in [3.05, 3.63) is 72.3 Å². The lowest BCUT2D eigenvalue weighted by molar-refractivity contribution is 0.305. The molecule has 27 heavy (non-hydrogen) atoms. The minimum Gasteiger partial charge on any atom is -0.497 e. The third-order valence-corrected chi connectivity index (χ3v) is 4.10. The quantitative estimate of drug-likeness (QED) is 0.606. The minimum atomic E-state index is 0.461. The average molecular weight is 365 g/mol. The first-order chi connectivity index (χ1) is 13.2. The number of nitrogens with one attached hydrogen (secondary N) is 1. The van der Waals surface area contributed by atoms with E-state index in [1.54, 1.807) is 21.3 Å². The largest absolute Gasteiger partial charge is 0.497 e. The molecule has 0 aliphatic carbocycles. The fourth-order valence-corrected chi connectivity index (χ4v) is 2.63. The number of hydrogen-bond acceptors (Lipinski definition) is 5. The van der Waals surface area contributed by atoms with Gasteiger partial charge in [-0.1, -0.05) is 30.3 Å². The summed E-state index contributed by atoms with van der Waals surface area (Å²) in [5.74, 6) is 2.83. The van der Waals surface area contributed by atoms with Crippen LogP contribution in [0, 0.1) is 0 Å². The molecule has 1 N–H and O–H groups in total. The van der Waals surface area contributed by atoms with Crippen molar-refractivity contribution in [2.75, 3.05) is 26.6 Å². The highest BCUT2D eigenvalue weighted by atomic mass is 16.5. The first-order valence-corrected chi connectivity index (χ1v) is 8.57. The molecule has 0 aliphatic rings. The van der Waals surface area contributed by atoms with Gasteiger partial charge in [-0.15, -0.1) is 0 Å². The maximum absolute atomic E-state index is 6.05. The highest BCUT2D eigenvalue weighted by Gasteiger charge is 2.11. The predicted octanol–water partition coefficient (Wildman–Crippen LogP) is 5.04. The van der Waals surface area contributed by atoms with E-state index < -0.39 is 0 Å². The standard InChI is InChI=1S/C22H23NO4/c1-24-17-9-11-19(21(13-17)26-3)23-20-12-10-18(25-2)14-22(20)27-15-16-7-5-4-6-8-16/h4-14,23H,15H2,1-3H3. The maximum Gasteiger partial charge on any atom is 0.146 e. The second-order valence-corrected chi connectivity index (χ2v) is 5.83. The highest BCUT2D eigenvalue weighted by Crippen LogP contribution is 2.36. The van der Waals surface area contributed by atoms with Crippen molar-refractivity contribution in [1.82, 2.24) is 0 Å². The fraction of sp³-hybridized carbons (Fsp3) is 0.182. The summed E-state index contributed by atoms with van der Waals surface area (Å²) in [5.41, 5.74) is 2.72. The van der Waals surface area contributed by atoms with Gasteiger partial charge in [0.25, 0.3) is 0 Å². The molecule has 0 aliphatic heterocycles. The van der Waals surface area contributed by atoms with Crippen LogP contribution in [0.2, 0.25) is 0 Å². The Balaban J connectivity index is 1.86. The van der Waals surface area contributed by atoms with Crippen LogP contribution in [0.5, 0.6) is 23.0 Å². The molecule has 0 bridgehead atoms. The summed E-state index contributed by atoms with van der Waals surface area (Å²) in [6, 6.07) is 21.3. The Morgan fingerprint density at radius 3 is 1.85 bits per heavy atom. The van der Waals surface area contributed by atoms with Gasteiger partial charge < -0.3 is 24.3 Å². The van der Waals surface area contributed by atoms with Crippen LogP contribution < -0.4 is 24.3 Å². The second kappa shape index (κ2) is 8.85. The number of methoxy groups -OCH3 is 3. The van der Waals surface area contributed by atoms with E-state index in [-0.39, 0.29) is 0 Å². The number of benzene rings is 3. The zero-order chi connectivity index (χ0) is 19.1. The Labute approximate surface area is 159 Å². The van der Waals surface area contributed by atoms with E-state index >= 15 is 0 Å². The van der Waals surface area contributed by atoms with Crippen LogP contribution in [-0.4, -0.2) is 21.3 Å².